The summed E-state index contributed by atoms with van der Waals surface area (Å²) < 4.78 is 36.4. The summed E-state index contributed by atoms with van der Waals surface area (Å²) in [6.45, 7) is 1.62. The summed E-state index contributed by atoms with van der Waals surface area (Å²) >= 11 is 0. The van der Waals surface area contributed by atoms with Crippen LogP contribution in [0.3, 0.4) is 0 Å². The molecule has 0 bridgehead atoms. The molecular weight excluding hydrogens is 213 g/mol. The van der Waals surface area contributed by atoms with Crippen LogP contribution < -0.4 is 0 Å². The number of hydrogen-bond donors (Lipinski definition) is 2. The molecule has 2 aromatic heterocycles. The molecule has 0 saturated heterocycles. The summed E-state index contributed by atoms with van der Waals surface area (Å²) in [7, 11) is 0. The monoisotopic (exact) mass is 218 g/mol. The van der Waals surface area contributed by atoms with E-state index in [4.69, 9.17) is 0 Å². The molecule has 15 heavy (non-hydrogen) atoms. The van der Waals surface area contributed by atoms with Crippen molar-refractivity contribution in [2.24, 2.45) is 0 Å². The van der Waals surface area contributed by atoms with Crippen LogP contribution >= 0.6 is 0 Å². The third kappa shape index (κ3) is 1.80. The fourth-order valence-electron chi connectivity index (χ4n) is 0.931. The zero-order valence-corrected chi connectivity index (χ0v) is 7.42. The third-order valence-corrected chi connectivity index (χ3v) is 1.55. The molecule has 0 amide bonds. The van der Waals surface area contributed by atoms with Crippen LogP contribution in [0, 0.1) is 6.92 Å². The first kappa shape index (κ1) is 9.62. The Balaban J connectivity index is 2.36. The number of nitrogens with one attached hydrogen (secondary N) is 2. The number of rotatable bonds is 1. The molecule has 0 aromatic carbocycles. The van der Waals surface area contributed by atoms with Crippen LogP contribution in [0.25, 0.3) is 11.6 Å². The first-order valence-corrected chi connectivity index (χ1v) is 3.86. The Morgan fingerprint density at radius 3 is 2.07 bits per heavy atom. The van der Waals surface area contributed by atoms with Crippen molar-refractivity contribution >= 4 is 0 Å². The van der Waals surface area contributed by atoms with E-state index in [1.54, 1.807) is 12.0 Å². The van der Waals surface area contributed by atoms with Crippen molar-refractivity contribution in [1.29, 1.82) is 0 Å². The fraction of sp³-hybridized carbons (Fsp3) is 0.333. The maximum atomic E-state index is 12.1. The molecule has 0 aliphatic rings. The molecule has 0 aliphatic carbocycles. The van der Waals surface area contributed by atoms with Crippen molar-refractivity contribution in [1.82, 2.24) is 30.4 Å². The predicted molar refractivity (Wildman–Crippen MR) is 41.5 cm³/mol. The van der Waals surface area contributed by atoms with Crippen molar-refractivity contribution in [3.05, 3.63) is 11.6 Å². The maximum Gasteiger partial charge on any atom is 0.451 e. The Labute approximate surface area is 80.9 Å². The van der Waals surface area contributed by atoms with Crippen LogP contribution in [0.4, 0.5) is 13.2 Å². The average Bonchev–Trinajstić information content (AvgIpc) is 2.69. The van der Waals surface area contributed by atoms with E-state index in [1.165, 1.54) is 0 Å². The van der Waals surface area contributed by atoms with Gasteiger partial charge in [-0.25, -0.2) is 4.98 Å². The molecule has 6 nitrogen and oxygen atoms in total. The fourth-order valence-corrected chi connectivity index (χ4v) is 0.931. The third-order valence-electron chi connectivity index (χ3n) is 1.55. The standard InChI is InChI=1S/C6H5F3N6/c1-2-10-3(13-12-2)4-11-5(15-14-4)6(7,8)9/h1H3,(H,10,12,13)(H,11,14,15). The lowest BCUT2D eigenvalue weighted by atomic mass is 10.5. The van der Waals surface area contributed by atoms with E-state index >= 15 is 0 Å². The van der Waals surface area contributed by atoms with Gasteiger partial charge in [0.05, 0.1) is 0 Å². The Bertz CT molecular complexity index is 469. The molecule has 80 valence electrons. The van der Waals surface area contributed by atoms with E-state index in [-0.39, 0.29) is 11.6 Å². The second kappa shape index (κ2) is 3.04. The minimum absolute atomic E-state index is 0.0271. The number of aryl methyl sites for hydroxylation is 1. The van der Waals surface area contributed by atoms with Gasteiger partial charge in [-0.15, -0.1) is 10.2 Å². The minimum atomic E-state index is -4.55. The molecule has 0 aliphatic heterocycles. The smallest absolute Gasteiger partial charge is 0.263 e. The van der Waals surface area contributed by atoms with Gasteiger partial charge < -0.3 is 0 Å². The number of nitrogens with zero attached hydrogens (tertiary/aromatic N) is 4. The quantitative estimate of drug-likeness (QED) is 0.745. The van der Waals surface area contributed by atoms with Gasteiger partial charge in [-0.1, -0.05) is 0 Å². The first-order chi connectivity index (χ1) is 6.97. The zero-order chi connectivity index (χ0) is 11.1. The van der Waals surface area contributed by atoms with Gasteiger partial charge in [0.2, 0.25) is 17.5 Å². The van der Waals surface area contributed by atoms with Crippen LogP contribution in [-0.4, -0.2) is 30.4 Å². The highest BCUT2D eigenvalue weighted by Gasteiger charge is 2.35. The molecule has 2 aromatic rings. The first-order valence-electron chi connectivity index (χ1n) is 3.86. The second-order valence-corrected chi connectivity index (χ2v) is 2.75. The molecule has 2 N–H and O–H groups in total. The van der Waals surface area contributed by atoms with Crippen LogP contribution in [0.5, 0.6) is 0 Å². The van der Waals surface area contributed by atoms with E-state index in [1.807, 2.05) is 0 Å². The van der Waals surface area contributed by atoms with Gasteiger partial charge in [0.15, 0.2) is 0 Å². The summed E-state index contributed by atoms with van der Waals surface area (Å²) in [4.78, 5) is 7.03. The van der Waals surface area contributed by atoms with E-state index in [9.17, 15) is 13.2 Å². The van der Waals surface area contributed by atoms with Gasteiger partial charge in [-0.05, 0) is 6.92 Å². The predicted octanol–water partition coefficient (Wildman–Crippen LogP) is 0.917. The molecule has 0 spiro atoms. The van der Waals surface area contributed by atoms with Gasteiger partial charge in [-0.2, -0.15) is 18.2 Å². The van der Waals surface area contributed by atoms with Gasteiger partial charge in [-0.3, -0.25) is 10.2 Å². The van der Waals surface area contributed by atoms with Crippen molar-refractivity contribution in [3.63, 3.8) is 0 Å². The van der Waals surface area contributed by atoms with Gasteiger partial charge in [0, 0.05) is 0 Å². The Morgan fingerprint density at radius 1 is 1.00 bits per heavy atom. The summed E-state index contributed by atoms with van der Waals surface area (Å²) in [5, 5.41) is 11.3. The zero-order valence-electron chi connectivity index (χ0n) is 7.42. The molecular formula is C6H5F3N6. The highest BCUT2D eigenvalue weighted by molar-refractivity contribution is 5.41. The van der Waals surface area contributed by atoms with Gasteiger partial charge in [0.1, 0.15) is 5.82 Å². The molecule has 0 radical (unpaired) electrons. The summed E-state index contributed by atoms with van der Waals surface area (Å²) in [6.07, 6.45) is -4.55. The van der Waals surface area contributed by atoms with Crippen LogP contribution in [-0.2, 0) is 6.18 Å². The Kier molecular flexibility index (Phi) is 1.95. The summed E-state index contributed by atoms with van der Waals surface area (Å²) in [5.41, 5.74) is 0. The molecule has 9 heteroatoms. The second-order valence-electron chi connectivity index (χ2n) is 2.75. The van der Waals surface area contributed by atoms with Crippen molar-refractivity contribution < 1.29 is 13.2 Å². The molecule has 2 rings (SSSR count). The topological polar surface area (TPSA) is 83.1 Å². The summed E-state index contributed by atoms with van der Waals surface area (Å²) in [6, 6.07) is 0. The van der Waals surface area contributed by atoms with Gasteiger partial charge in [0.25, 0.3) is 0 Å². The van der Waals surface area contributed by atoms with E-state index in [2.05, 4.69) is 25.3 Å². The molecule has 0 unspecified atom stereocenters. The highest BCUT2D eigenvalue weighted by Crippen LogP contribution is 2.26. The number of aromatic amines is 2. The number of hydrogen-bond acceptors (Lipinski definition) is 4. The lowest BCUT2D eigenvalue weighted by molar-refractivity contribution is -0.144. The lowest BCUT2D eigenvalue weighted by Gasteiger charge is -1.97. The molecule has 2 heterocycles. The van der Waals surface area contributed by atoms with Crippen molar-refractivity contribution in [2.75, 3.05) is 0 Å². The van der Waals surface area contributed by atoms with E-state index < -0.39 is 12.0 Å². The van der Waals surface area contributed by atoms with Crippen LogP contribution in [0.1, 0.15) is 11.6 Å². The largest absolute Gasteiger partial charge is 0.451 e. The molecule has 0 atom stereocenters. The van der Waals surface area contributed by atoms with E-state index in [0.717, 1.165) is 0 Å². The number of halogens is 3. The summed E-state index contributed by atoms with van der Waals surface area (Å²) in [5.74, 6) is -0.853. The van der Waals surface area contributed by atoms with Crippen molar-refractivity contribution in [3.8, 4) is 11.6 Å². The lowest BCUT2D eigenvalue weighted by Crippen LogP contribution is -2.07. The SMILES string of the molecule is Cc1nc(-c2n[nH]c(C(F)(F)F)n2)n[nH]1. The van der Waals surface area contributed by atoms with Crippen LogP contribution in [0.2, 0.25) is 0 Å². The Hall–Kier alpha value is -1.93. The highest BCUT2D eigenvalue weighted by atomic mass is 19.4. The Morgan fingerprint density at radius 2 is 1.60 bits per heavy atom. The van der Waals surface area contributed by atoms with Crippen LogP contribution in [0.15, 0.2) is 0 Å². The average molecular weight is 218 g/mol. The molecule has 0 fully saturated rings. The number of alkyl halides is 3. The normalized spacial score (nSPS) is 12.0. The van der Waals surface area contributed by atoms with Crippen molar-refractivity contribution in [2.45, 2.75) is 13.1 Å². The minimum Gasteiger partial charge on any atom is -0.263 e. The molecule has 0 saturated carbocycles. The number of H-pyrrole nitrogens is 2. The van der Waals surface area contributed by atoms with Gasteiger partial charge >= 0.3 is 6.18 Å². The maximum absolute atomic E-state index is 12.1. The van der Waals surface area contributed by atoms with E-state index in [0.29, 0.717) is 5.82 Å². The number of aromatic nitrogens is 6.